The van der Waals surface area contributed by atoms with E-state index in [1.54, 1.807) is 23.6 Å². The van der Waals surface area contributed by atoms with Crippen molar-refractivity contribution in [3.05, 3.63) is 0 Å². The maximum atomic E-state index is 12.5. The van der Waals surface area contributed by atoms with E-state index in [-0.39, 0.29) is 37.8 Å². The third-order valence-corrected chi connectivity index (χ3v) is 6.36. The molecule has 1 saturated heterocycles. The normalized spacial score (nSPS) is 16.3. The van der Waals surface area contributed by atoms with Gasteiger partial charge >= 0.3 is 13.7 Å². The summed E-state index contributed by atoms with van der Waals surface area (Å²) in [5.74, 6) is -0.214. The second-order valence-corrected chi connectivity index (χ2v) is 8.53. The second-order valence-electron chi connectivity index (χ2n) is 6.35. The highest BCUT2D eigenvalue weighted by Gasteiger charge is 2.30. The predicted octanol–water partition coefficient (Wildman–Crippen LogP) is 2.05. The Morgan fingerprint density at radius 2 is 1.59 bits per heavy atom. The van der Waals surface area contributed by atoms with E-state index in [1.165, 1.54) is 0 Å². The van der Waals surface area contributed by atoms with Crippen LogP contribution in [0.2, 0.25) is 0 Å². The number of amides is 2. The average molecular weight is 407 g/mol. The van der Waals surface area contributed by atoms with E-state index >= 15 is 0 Å². The van der Waals surface area contributed by atoms with Crippen molar-refractivity contribution >= 4 is 19.6 Å². The number of rotatable bonds is 11. The van der Waals surface area contributed by atoms with E-state index in [1.807, 2.05) is 6.92 Å². The lowest BCUT2D eigenvalue weighted by Gasteiger charge is -2.35. The molecule has 27 heavy (non-hydrogen) atoms. The minimum absolute atomic E-state index is 0.102. The number of piperazine rings is 1. The van der Waals surface area contributed by atoms with Crippen molar-refractivity contribution < 1.29 is 27.9 Å². The van der Waals surface area contributed by atoms with Crippen LogP contribution in [0.5, 0.6) is 0 Å². The first-order valence-electron chi connectivity index (χ1n) is 9.71. The topological polar surface area (TPSA) is 111 Å². The Hall–Kier alpha value is -1.15. The fraction of sp³-hybridized carbons (Fsp3) is 0.882. The molecule has 1 heterocycles. The fourth-order valence-electron chi connectivity index (χ4n) is 2.72. The molecule has 158 valence electrons. The molecule has 9 nitrogen and oxygen atoms in total. The van der Waals surface area contributed by atoms with Crippen LogP contribution in [-0.4, -0.2) is 80.0 Å². The number of hydrogen-bond acceptors (Lipinski definition) is 7. The van der Waals surface area contributed by atoms with Gasteiger partial charge in [0.15, 0.2) is 0 Å². The molecular formula is C17H34N3O6P. The molecule has 0 saturated carbocycles. The molecular weight excluding hydrogens is 373 g/mol. The van der Waals surface area contributed by atoms with Crippen LogP contribution in [0.15, 0.2) is 0 Å². The van der Waals surface area contributed by atoms with Crippen LogP contribution < -0.4 is 5.73 Å². The van der Waals surface area contributed by atoms with E-state index in [4.69, 9.17) is 19.5 Å². The summed E-state index contributed by atoms with van der Waals surface area (Å²) >= 11 is 0. The molecule has 10 heteroatoms. The van der Waals surface area contributed by atoms with Crippen molar-refractivity contribution in [2.24, 2.45) is 5.73 Å². The zero-order valence-electron chi connectivity index (χ0n) is 16.7. The van der Waals surface area contributed by atoms with Gasteiger partial charge in [0.2, 0.25) is 5.91 Å². The van der Waals surface area contributed by atoms with Gasteiger partial charge in [0.25, 0.3) is 0 Å². The van der Waals surface area contributed by atoms with Crippen molar-refractivity contribution in [3.63, 3.8) is 0 Å². The zero-order chi connectivity index (χ0) is 20.3. The van der Waals surface area contributed by atoms with E-state index in [0.717, 1.165) is 12.8 Å². The molecule has 0 bridgehead atoms. The molecule has 1 aliphatic rings. The predicted molar refractivity (Wildman–Crippen MR) is 103 cm³/mol. The Bertz CT molecular complexity index is 501. The second kappa shape index (κ2) is 12.3. The summed E-state index contributed by atoms with van der Waals surface area (Å²) in [6.07, 6.45) is 1.79. The number of nitrogens with two attached hydrogens (primary N) is 1. The molecule has 1 atom stereocenters. The first-order chi connectivity index (χ1) is 12.9. The van der Waals surface area contributed by atoms with E-state index in [9.17, 15) is 14.2 Å². The molecule has 0 unspecified atom stereocenters. The zero-order valence-corrected chi connectivity index (χ0v) is 17.6. The highest BCUT2D eigenvalue weighted by molar-refractivity contribution is 7.53. The van der Waals surface area contributed by atoms with Gasteiger partial charge in [0.05, 0.1) is 32.0 Å². The van der Waals surface area contributed by atoms with Gasteiger partial charge in [0.1, 0.15) is 0 Å². The number of unbranched alkanes of at least 4 members (excludes halogenated alkanes) is 1. The number of ether oxygens (including phenoxy) is 1. The van der Waals surface area contributed by atoms with Crippen molar-refractivity contribution in [2.75, 3.05) is 52.2 Å². The lowest BCUT2D eigenvalue weighted by Crippen LogP contribution is -2.54. The van der Waals surface area contributed by atoms with Gasteiger partial charge in [-0.2, -0.15) is 0 Å². The molecule has 0 aliphatic carbocycles. The molecule has 0 radical (unpaired) electrons. The minimum Gasteiger partial charge on any atom is -0.449 e. The molecule has 2 N–H and O–H groups in total. The summed E-state index contributed by atoms with van der Waals surface area (Å²) in [5.41, 5.74) is 5.99. The average Bonchev–Trinajstić information content (AvgIpc) is 2.66. The number of carbonyl (C=O) groups is 2. The van der Waals surface area contributed by atoms with Crippen molar-refractivity contribution in [1.82, 2.24) is 9.80 Å². The van der Waals surface area contributed by atoms with E-state index in [0.29, 0.717) is 32.8 Å². The van der Waals surface area contributed by atoms with Gasteiger partial charge in [-0.05, 0) is 26.7 Å². The van der Waals surface area contributed by atoms with Crippen LogP contribution >= 0.6 is 7.60 Å². The summed E-state index contributed by atoms with van der Waals surface area (Å²) < 4.78 is 28.1. The molecule has 0 aromatic carbocycles. The van der Waals surface area contributed by atoms with Gasteiger partial charge in [-0.25, -0.2) is 4.79 Å². The molecule has 0 aromatic rings. The Kier molecular flexibility index (Phi) is 10.9. The van der Waals surface area contributed by atoms with Gasteiger partial charge < -0.3 is 29.3 Å². The number of hydrogen-bond donors (Lipinski definition) is 1. The summed E-state index contributed by atoms with van der Waals surface area (Å²) in [4.78, 5) is 27.7. The van der Waals surface area contributed by atoms with Gasteiger partial charge in [-0.15, -0.1) is 0 Å². The first kappa shape index (κ1) is 23.9. The van der Waals surface area contributed by atoms with Gasteiger partial charge in [-0.3, -0.25) is 9.36 Å². The Morgan fingerprint density at radius 3 is 2.11 bits per heavy atom. The van der Waals surface area contributed by atoms with Crippen molar-refractivity contribution in [1.29, 1.82) is 0 Å². The first-order valence-corrected chi connectivity index (χ1v) is 11.4. The van der Waals surface area contributed by atoms with Gasteiger partial charge in [0, 0.05) is 26.2 Å². The Morgan fingerprint density at radius 1 is 1.04 bits per heavy atom. The quantitative estimate of drug-likeness (QED) is 0.412. The Labute approximate surface area is 162 Å². The molecule has 0 aromatic heterocycles. The Balaban J connectivity index is 2.42. The number of carbonyl (C=O) groups excluding carboxylic acids is 2. The standard InChI is InChI=1S/C17H34N3O6P/c1-4-7-13-24-17(22)20-11-9-19(10-12-20)16(21)15(18)8-14-27(23,25-5-2)26-6-3/h15H,4-14,18H2,1-3H3/t15-/m0/s1. The third kappa shape index (κ3) is 8.17. The van der Waals surface area contributed by atoms with Crippen molar-refractivity contribution in [2.45, 2.75) is 46.1 Å². The lowest BCUT2D eigenvalue weighted by molar-refractivity contribution is -0.134. The summed E-state index contributed by atoms with van der Waals surface area (Å²) in [6.45, 7) is 8.12. The van der Waals surface area contributed by atoms with Crippen LogP contribution in [0.4, 0.5) is 4.79 Å². The monoisotopic (exact) mass is 407 g/mol. The maximum absolute atomic E-state index is 12.5. The fourth-order valence-corrected chi connectivity index (χ4v) is 4.43. The maximum Gasteiger partial charge on any atom is 0.409 e. The highest BCUT2D eigenvalue weighted by Crippen LogP contribution is 2.48. The molecule has 0 spiro atoms. The van der Waals surface area contributed by atoms with Gasteiger partial charge in [-0.1, -0.05) is 13.3 Å². The molecule has 1 aliphatic heterocycles. The van der Waals surface area contributed by atoms with Crippen LogP contribution in [0.3, 0.4) is 0 Å². The van der Waals surface area contributed by atoms with Crippen LogP contribution in [0, 0.1) is 0 Å². The van der Waals surface area contributed by atoms with Crippen LogP contribution in [0.1, 0.15) is 40.0 Å². The van der Waals surface area contributed by atoms with Crippen molar-refractivity contribution in [3.8, 4) is 0 Å². The van der Waals surface area contributed by atoms with E-state index in [2.05, 4.69) is 0 Å². The van der Waals surface area contributed by atoms with Crippen LogP contribution in [0.25, 0.3) is 0 Å². The summed E-state index contributed by atoms with van der Waals surface area (Å²) in [7, 11) is -3.21. The molecule has 1 fully saturated rings. The molecule has 2 amide bonds. The van der Waals surface area contributed by atoms with Crippen LogP contribution in [-0.2, 0) is 23.1 Å². The highest BCUT2D eigenvalue weighted by atomic mass is 31.2. The van der Waals surface area contributed by atoms with E-state index < -0.39 is 13.6 Å². The third-order valence-electron chi connectivity index (χ3n) is 4.26. The lowest BCUT2D eigenvalue weighted by atomic mass is 10.2. The largest absolute Gasteiger partial charge is 0.449 e. The minimum atomic E-state index is -3.21. The molecule has 1 rings (SSSR count). The summed E-state index contributed by atoms with van der Waals surface area (Å²) in [6, 6.07) is -0.776. The number of nitrogens with zero attached hydrogens (tertiary/aromatic N) is 2. The summed E-state index contributed by atoms with van der Waals surface area (Å²) in [5, 5.41) is 0. The SMILES string of the molecule is CCCCOC(=O)N1CCN(C(=O)[C@@H](N)CCP(=O)(OCC)OCC)CC1. The smallest absolute Gasteiger partial charge is 0.409 e.